The summed E-state index contributed by atoms with van der Waals surface area (Å²) in [6.07, 6.45) is 4.37. The molecule has 2 rings (SSSR count). The van der Waals surface area contributed by atoms with Crippen LogP contribution < -0.4 is 5.32 Å². The molecule has 1 saturated carbocycles. The summed E-state index contributed by atoms with van der Waals surface area (Å²) in [5.41, 5.74) is 0.874. The van der Waals surface area contributed by atoms with Gasteiger partial charge in [0.05, 0.1) is 0 Å². The van der Waals surface area contributed by atoms with Crippen LogP contribution in [0.4, 0.5) is 4.39 Å². The molecule has 1 aliphatic rings. The lowest BCUT2D eigenvalue weighted by atomic mass is 9.81. The first-order chi connectivity index (χ1) is 8.52. The Kier molecular flexibility index (Phi) is 4.29. The monoisotopic (exact) mass is 269 g/mol. The Morgan fingerprint density at radius 3 is 2.72 bits per heavy atom. The third-order valence-electron chi connectivity index (χ3n) is 3.88. The molecule has 0 heterocycles. The molecular formula is C15H21ClFN. The standard InChI is InChI=1S/C15H21ClFN/c1-3-15(2,10-18-13-6-7-13)9-11-4-5-12(16)8-14(11)17/h4-5,8,13,18H,3,6-7,9-10H2,1-2H3. The fourth-order valence-electron chi connectivity index (χ4n) is 2.12. The van der Waals surface area contributed by atoms with Gasteiger partial charge in [-0.05, 0) is 48.8 Å². The maximum Gasteiger partial charge on any atom is 0.127 e. The molecule has 0 radical (unpaired) electrons. The minimum atomic E-state index is -0.186. The number of benzene rings is 1. The van der Waals surface area contributed by atoms with E-state index in [4.69, 9.17) is 11.6 Å². The van der Waals surface area contributed by atoms with Gasteiger partial charge in [-0.3, -0.25) is 0 Å². The zero-order valence-electron chi connectivity index (χ0n) is 11.1. The van der Waals surface area contributed by atoms with E-state index in [-0.39, 0.29) is 11.2 Å². The zero-order chi connectivity index (χ0) is 13.2. The highest BCUT2D eigenvalue weighted by Crippen LogP contribution is 2.29. The van der Waals surface area contributed by atoms with E-state index in [1.807, 2.05) is 6.07 Å². The van der Waals surface area contributed by atoms with Crippen LogP contribution in [0.2, 0.25) is 5.02 Å². The van der Waals surface area contributed by atoms with Crippen molar-refractivity contribution in [3.63, 3.8) is 0 Å². The summed E-state index contributed by atoms with van der Waals surface area (Å²) >= 11 is 5.78. The molecule has 18 heavy (non-hydrogen) atoms. The largest absolute Gasteiger partial charge is 0.313 e. The first-order valence-corrected chi connectivity index (χ1v) is 7.07. The van der Waals surface area contributed by atoms with Gasteiger partial charge < -0.3 is 5.32 Å². The van der Waals surface area contributed by atoms with Gasteiger partial charge in [-0.1, -0.05) is 31.5 Å². The van der Waals surface area contributed by atoms with Gasteiger partial charge in [0.15, 0.2) is 0 Å². The Morgan fingerprint density at radius 1 is 1.44 bits per heavy atom. The van der Waals surface area contributed by atoms with Crippen LogP contribution in [0.3, 0.4) is 0 Å². The molecule has 1 fully saturated rings. The molecule has 0 bridgehead atoms. The topological polar surface area (TPSA) is 12.0 Å². The van der Waals surface area contributed by atoms with Gasteiger partial charge in [0.25, 0.3) is 0 Å². The van der Waals surface area contributed by atoms with Crippen molar-refractivity contribution in [1.29, 1.82) is 0 Å². The normalized spacial score (nSPS) is 18.7. The summed E-state index contributed by atoms with van der Waals surface area (Å²) in [4.78, 5) is 0. The molecule has 1 N–H and O–H groups in total. The molecule has 1 atom stereocenters. The number of halogens is 2. The van der Waals surface area contributed by atoms with Crippen molar-refractivity contribution in [2.24, 2.45) is 5.41 Å². The lowest BCUT2D eigenvalue weighted by Gasteiger charge is -2.29. The van der Waals surface area contributed by atoms with Crippen LogP contribution in [-0.4, -0.2) is 12.6 Å². The predicted molar refractivity (Wildman–Crippen MR) is 74.5 cm³/mol. The van der Waals surface area contributed by atoms with Crippen molar-refractivity contribution < 1.29 is 4.39 Å². The van der Waals surface area contributed by atoms with E-state index in [0.29, 0.717) is 11.1 Å². The lowest BCUT2D eigenvalue weighted by Crippen LogP contribution is -2.34. The van der Waals surface area contributed by atoms with E-state index in [1.54, 1.807) is 6.07 Å². The summed E-state index contributed by atoms with van der Waals surface area (Å²) < 4.78 is 13.8. The minimum Gasteiger partial charge on any atom is -0.313 e. The van der Waals surface area contributed by atoms with Crippen molar-refractivity contribution in [1.82, 2.24) is 5.32 Å². The SMILES string of the molecule is CCC(C)(CNC1CC1)Cc1ccc(Cl)cc1F. The second kappa shape index (κ2) is 5.58. The van der Waals surface area contributed by atoms with Crippen molar-refractivity contribution in [3.8, 4) is 0 Å². The molecule has 100 valence electrons. The molecule has 1 aliphatic carbocycles. The van der Waals surface area contributed by atoms with E-state index >= 15 is 0 Å². The summed E-state index contributed by atoms with van der Waals surface area (Å²) in [6, 6.07) is 5.68. The van der Waals surface area contributed by atoms with E-state index < -0.39 is 0 Å². The summed E-state index contributed by atoms with van der Waals surface area (Å²) in [5, 5.41) is 4.01. The molecule has 1 unspecified atom stereocenters. The van der Waals surface area contributed by atoms with E-state index in [0.717, 1.165) is 24.9 Å². The van der Waals surface area contributed by atoms with Crippen molar-refractivity contribution >= 4 is 11.6 Å². The van der Waals surface area contributed by atoms with Crippen LogP contribution >= 0.6 is 11.6 Å². The van der Waals surface area contributed by atoms with Gasteiger partial charge in [0.2, 0.25) is 0 Å². The Hall–Kier alpha value is -0.600. The van der Waals surface area contributed by atoms with Crippen molar-refractivity contribution in [2.75, 3.05) is 6.54 Å². The Balaban J connectivity index is 2.02. The van der Waals surface area contributed by atoms with Gasteiger partial charge in [-0.2, -0.15) is 0 Å². The summed E-state index contributed by atoms with van der Waals surface area (Å²) in [5.74, 6) is -0.186. The highest BCUT2D eigenvalue weighted by atomic mass is 35.5. The molecular weight excluding hydrogens is 249 g/mol. The number of hydrogen-bond acceptors (Lipinski definition) is 1. The molecule has 3 heteroatoms. The first-order valence-electron chi connectivity index (χ1n) is 6.70. The second-order valence-corrected chi connectivity index (χ2v) is 6.17. The lowest BCUT2D eigenvalue weighted by molar-refractivity contribution is 0.285. The molecule has 1 nitrogen and oxygen atoms in total. The molecule has 0 aliphatic heterocycles. The van der Waals surface area contributed by atoms with Crippen LogP contribution in [0, 0.1) is 11.2 Å². The molecule has 1 aromatic rings. The van der Waals surface area contributed by atoms with Gasteiger partial charge in [0.1, 0.15) is 5.82 Å². The minimum absolute atomic E-state index is 0.108. The van der Waals surface area contributed by atoms with Crippen LogP contribution in [0.5, 0.6) is 0 Å². The zero-order valence-corrected chi connectivity index (χ0v) is 11.9. The molecule has 0 saturated heterocycles. The average Bonchev–Trinajstić information content (AvgIpc) is 3.14. The van der Waals surface area contributed by atoms with Crippen LogP contribution in [0.25, 0.3) is 0 Å². The molecule has 0 aromatic heterocycles. The third-order valence-corrected chi connectivity index (χ3v) is 4.12. The predicted octanol–water partition coefficient (Wildman–Crippen LogP) is 4.19. The fraction of sp³-hybridized carbons (Fsp3) is 0.600. The molecule has 1 aromatic carbocycles. The van der Waals surface area contributed by atoms with E-state index in [9.17, 15) is 4.39 Å². The smallest absolute Gasteiger partial charge is 0.127 e. The van der Waals surface area contributed by atoms with Crippen molar-refractivity contribution in [2.45, 2.75) is 45.6 Å². The number of rotatable bonds is 6. The van der Waals surface area contributed by atoms with Gasteiger partial charge in [-0.25, -0.2) is 4.39 Å². The maximum atomic E-state index is 13.8. The Labute approximate surface area is 114 Å². The molecule has 0 spiro atoms. The highest BCUT2D eigenvalue weighted by molar-refractivity contribution is 6.30. The summed E-state index contributed by atoms with van der Waals surface area (Å²) in [6.45, 7) is 5.34. The number of nitrogens with one attached hydrogen (secondary N) is 1. The first kappa shape index (κ1) is 13.8. The highest BCUT2D eigenvalue weighted by Gasteiger charge is 2.28. The maximum absolute atomic E-state index is 13.8. The van der Waals surface area contributed by atoms with E-state index in [1.165, 1.54) is 18.9 Å². The van der Waals surface area contributed by atoms with Gasteiger partial charge in [0, 0.05) is 17.6 Å². The Bertz CT molecular complexity index is 417. The van der Waals surface area contributed by atoms with Crippen LogP contribution in [0.15, 0.2) is 18.2 Å². The van der Waals surface area contributed by atoms with Crippen LogP contribution in [0.1, 0.15) is 38.7 Å². The fourth-order valence-corrected chi connectivity index (χ4v) is 2.27. The molecule has 0 amide bonds. The quantitative estimate of drug-likeness (QED) is 0.817. The van der Waals surface area contributed by atoms with E-state index in [2.05, 4.69) is 19.2 Å². The van der Waals surface area contributed by atoms with Crippen molar-refractivity contribution in [3.05, 3.63) is 34.6 Å². The van der Waals surface area contributed by atoms with Crippen LogP contribution in [-0.2, 0) is 6.42 Å². The second-order valence-electron chi connectivity index (χ2n) is 5.73. The van der Waals surface area contributed by atoms with Gasteiger partial charge in [-0.15, -0.1) is 0 Å². The average molecular weight is 270 g/mol. The Morgan fingerprint density at radius 2 is 2.17 bits per heavy atom. The third kappa shape index (κ3) is 3.69. The van der Waals surface area contributed by atoms with Gasteiger partial charge >= 0.3 is 0 Å². The number of hydrogen-bond donors (Lipinski definition) is 1. The summed E-state index contributed by atoms with van der Waals surface area (Å²) in [7, 11) is 0.